The molecule has 10 heteroatoms. The third kappa shape index (κ3) is 3.32. The van der Waals surface area contributed by atoms with Crippen LogP contribution in [0.5, 0.6) is 0 Å². The van der Waals surface area contributed by atoms with E-state index in [1.807, 2.05) is 0 Å². The van der Waals surface area contributed by atoms with Crippen LogP contribution in [0.3, 0.4) is 0 Å². The van der Waals surface area contributed by atoms with E-state index < -0.39 is 23.9 Å². The number of fused-ring (bicyclic) bond motifs is 1. The van der Waals surface area contributed by atoms with Crippen LogP contribution < -0.4 is 5.32 Å². The average molecular weight is 369 g/mol. The SMILES string of the molecule is Cc1c(NCC(O)c2ccc(F)cc2)nn2c(C(F)(F)F)nnc2c1C. The minimum absolute atomic E-state index is 0.0134. The van der Waals surface area contributed by atoms with E-state index in [9.17, 15) is 22.7 Å². The lowest BCUT2D eigenvalue weighted by molar-refractivity contribution is -0.146. The lowest BCUT2D eigenvalue weighted by Gasteiger charge is -2.15. The van der Waals surface area contributed by atoms with Crippen molar-refractivity contribution in [3.63, 3.8) is 0 Å². The average Bonchev–Trinajstić information content (AvgIpc) is 3.01. The van der Waals surface area contributed by atoms with Crippen molar-refractivity contribution in [1.82, 2.24) is 19.8 Å². The Bertz CT molecular complexity index is 936. The van der Waals surface area contributed by atoms with E-state index >= 15 is 0 Å². The van der Waals surface area contributed by atoms with Crippen LogP contribution in [0, 0.1) is 19.7 Å². The topological polar surface area (TPSA) is 75.3 Å². The molecule has 0 aliphatic rings. The Morgan fingerprint density at radius 1 is 1.12 bits per heavy atom. The number of nitrogens with one attached hydrogen (secondary N) is 1. The molecular weight excluding hydrogens is 354 g/mol. The van der Waals surface area contributed by atoms with Gasteiger partial charge in [-0.05, 0) is 37.1 Å². The predicted octanol–water partition coefficient (Wildman–Crippen LogP) is 3.04. The Morgan fingerprint density at radius 2 is 1.77 bits per heavy atom. The molecule has 0 bridgehead atoms. The first-order valence-corrected chi connectivity index (χ1v) is 7.65. The van der Waals surface area contributed by atoms with Gasteiger partial charge in [-0.2, -0.15) is 17.7 Å². The van der Waals surface area contributed by atoms with Crippen molar-refractivity contribution in [2.45, 2.75) is 26.1 Å². The van der Waals surface area contributed by atoms with Gasteiger partial charge in [-0.3, -0.25) is 0 Å². The van der Waals surface area contributed by atoms with Crippen LogP contribution >= 0.6 is 0 Å². The molecule has 3 rings (SSSR count). The lowest BCUT2D eigenvalue weighted by Crippen LogP contribution is -2.17. The van der Waals surface area contributed by atoms with Gasteiger partial charge in [-0.25, -0.2) is 4.39 Å². The molecule has 1 unspecified atom stereocenters. The summed E-state index contributed by atoms with van der Waals surface area (Å²) in [5, 5.41) is 23.7. The van der Waals surface area contributed by atoms with Crippen LogP contribution in [0.15, 0.2) is 24.3 Å². The Hall–Kier alpha value is -2.75. The third-order valence-corrected chi connectivity index (χ3v) is 4.06. The fraction of sp³-hybridized carbons (Fsp3) is 0.312. The number of rotatable bonds is 4. The van der Waals surface area contributed by atoms with Gasteiger partial charge in [0, 0.05) is 12.1 Å². The zero-order valence-corrected chi connectivity index (χ0v) is 13.8. The molecule has 0 saturated carbocycles. The number of aromatic nitrogens is 4. The minimum atomic E-state index is -4.70. The molecule has 26 heavy (non-hydrogen) atoms. The van der Waals surface area contributed by atoms with E-state index in [4.69, 9.17) is 0 Å². The van der Waals surface area contributed by atoms with E-state index in [2.05, 4.69) is 20.6 Å². The number of aliphatic hydroxyl groups excluding tert-OH is 1. The van der Waals surface area contributed by atoms with Gasteiger partial charge >= 0.3 is 6.18 Å². The Labute approximate surface area is 145 Å². The lowest BCUT2D eigenvalue weighted by atomic mass is 10.1. The highest BCUT2D eigenvalue weighted by atomic mass is 19.4. The summed E-state index contributed by atoms with van der Waals surface area (Å²) in [5.41, 5.74) is 1.56. The van der Waals surface area contributed by atoms with Crippen LogP contribution in [0.1, 0.15) is 28.6 Å². The summed E-state index contributed by atoms with van der Waals surface area (Å²) >= 11 is 0. The normalized spacial score (nSPS) is 13.2. The Balaban J connectivity index is 1.89. The first-order valence-electron chi connectivity index (χ1n) is 7.65. The third-order valence-electron chi connectivity index (χ3n) is 4.06. The summed E-state index contributed by atoms with van der Waals surface area (Å²) in [6.07, 6.45) is -5.69. The standard InChI is InChI=1S/C16H15F4N5O/c1-8-9(2)14-22-23-15(16(18,19)20)25(14)24-13(8)21-7-12(26)10-3-5-11(17)6-4-10/h3-6,12,26H,7H2,1-2H3,(H,21,24). The summed E-state index contributed by atoms with van der Waals surface area (Å²) in [7, 11) is 0. The number of anilines is 1. The molecule has 1 aromatic carbocycles. The molecule has 0 fully saturated rings. The van der Waals surface area contributed by atoms with Gasteiger partial charge in [-0.15, -0.1) is 15.3 Å². The predicted molar refractivity (Wildman–Crippen MR) is 85.1 cm³/mol. The molecule has 0 spiro atoms. The van der Waals surface area contributed by atoms with E-state index in [1.165, 1.54) is 24.3 Å². The number of hydrogen-bond acceptors (Lipinski definition) is 5. The first kappa shape index (κ1) is 18.1. The molecule has 3 aromatic rings. The van der Waals surface area contributed by atoms with Crippen molar-refractivity contribution >= 4 is 11.5 Å². The smallest absolute Gasteiger partial charge is 0.387 e. The zero-order chi connectivity index (χ0) is 19.1. The van der Waals surface area contributed by atoms with Crippen molar-refractivity contribution in [1.29, 1.82) is 0 Å². The number of halogens is 4. The second-order valence-electron chi connectivity index (χ2n) is 5.80. The van der Waals surface area contributed by atoms with E-state index in [0.29, 0.717) is 21.2 Å². The fourth-order valence-electron chi connectivity index (χ4n) is 2.47. The minimum Gasteiger partial charge on any atom is -0.387 e. The van der Waals surface area contributed by atoms with E-state index in [0.717, 1.165) is 0 Å². The number of aryl methyl sites for hydroxylation is 1. The van der Waals surface area contributed by atoms with Gasteiger partial charge in [0.05, 0.1) is 6.10 Å². The van der Waals surface area contributed by atoms with Gasteiger partial charge in [-0.1, -0.05) is 12.1 Å². The van der Waals surface area contributed by atoms with Crippen molar-refractivity contribution in [3.8, 4) is 0 Å². The quantitative estimate of drug-likeness (QED) is 0.692. The molecule has 0 saturated heterocycles. The Kier molecular flexibility index (Phi) is 4.53. The monoisotopic (exact) mass is 369 g/mol. The second kappa shape index (κ2) is 6.52. The second-order valence-corrected chi connectivity index (χ2v) is 5.80. The Morgan fingerprint density at radius 3 is 2.38 bits per heavy atom. The molecule has 0 aliphatic heterocycles. The van der Waals surface area contributed by atoms with E-state index in [1.54, 1.807) is 13.8 Å². The summed E-state index contributed by atoms with van der Waals surface area (Å²) in [5.74, 6) is -1.49. The highest BCUT2D eigenvalue weighted by Gasteiger charge is 2.38. The first-order chi connectivity index (χ1) is 12.2. The molecule has 0 radical (unpaired) electrons. The molecule has 6 nitrogen and oxygen atoms in total. The van der Waals surface area contributed by atoms with Crippen LogP contribution in [-0.4, -0.2) is 31.5 Å². The van der Waals surface area contributed by atoms with Gasteiger partial charge in [0.25, 0.3) is 5.82 Å². The zero-order valence-electron chi connectivity index (χ0n) is 13.8. The molecule has 2 aromatic heterocycles. The van der Waals surface area contributed by atoms with Crippen LogP contribution in [0.25, 0.3) is 5.65 Å². The highest BCUT2D eigenvalue weighted by molar-refractivity contribution is 5.58. The van der Waals surface area contributed by atoms with Crippen molar-refractivity contribution in [2.75, 3.05) is 11.9 Å². The molecule has 1 atom stereocenters. The van der Waals surface area contributed by atoms with Crippen LogP contribution in [0.2, 0.25) is 0 Å². The van der Waals surface area contributed by atoms with Crippen molar-refractivity contribution in [3.05, 3.63) is 52.6 Å². The fourth-order valence-corrected chi connectivity index (χ4v) is 2.47. The molecule has 0 aliphatic carbocycles. The summed E-state index contributed by atoms with van der Waals surface area (Å²) in [6.45, 7) is 3.27. The van der Waals surface area contributed by atoms with Crippen molar-refractivity contribution < 1.29 is 22.7 Å². The van der Waals surface area contributed by atoms with Crippen LogP contribution in [-0.2, 0) is 6.18 Å². The molecule has 2 N–H and O–H groups in total. The number of hydrogen-bond donors (Lipinski definition) is 2. The maximum Gasteiger partial charge on any atom is 0.453 e. The highest BCUT2D eigenvalue weighted by Crippen LogP contribution is 2.29. The maximum atomic E-state index is 13.0. The maximum absolute atomic E-state index is 13.0. The van der Waals surface area contributed by atoms with Gasteiger partial charge in [0.2, 0.25) is 0 Å². The van der Waals surface area contributed by atoms with Gasteiger partial charge in [0.15, 0.2) is 5.65 Å². The molecule has 0 amide bonds. The van der Waals surface area contributed by atoms with Gasteiger partial charge < -0.3 is 10.4 Å². The summed E-state index contributed by atoms with van der Waals surface area (Å²) < 4.78 is 52.7. The van der Waals surface area contributed by atoms with Crippen molar-refractivity contribution in [2.24, 2.45) is 0 Å². The molecule has 138 valence electrons. The van der Waals surface area contributed by atoms with E-state index in [-0.39, 0.29) is 18.0 Å². The number of aliphatic hydroxyl groups is 1. The molecule has 2 heterocycles. The number of alkyl halides is 3. The van der Waals surface area contributed by atoms with Gasteiger partial charge in [0.1, 0.15) is 11.6 Å². The largest absolute Gasteiger partial charge is 0.453 e. The number of benzene rings is 1. The number of nitrogens with zero attached hydrogens (tertiary/aromatic N) is 4. The summed E-state index contributed by atoms with van der Waals surface area (Å²) in [4.78, 5) is 0. The summed E-state index contributed by atoms with van der Waals surface area (Å²) in [6, 6.07) is 5.28. The molecular formula is C16H15F4N5O. The van der Waals surface area contributed by atoms with Crippen LogP contribution in [0.4, 0.5) is 23.4 Å².